The third kappa shape index (κ3) is 2.02. The van der Waals surface area contributed by atoms with Crippen LogP contribution in [0.5, 0.6) is 0 Å². The van der Waals surface area contributed by atoms with Crippen LogP contribution < -0.4 is 0 Å². The maximum atomic E-state index is 13.3. The lowest BCUT2D eigenvalue weighted by Crippen LogP contribution is -2.58. The minimum atomic E-state index is -0.0819. The highest BCUT2D eigenvalue weighted by atomic mass is 16.5. The normalized spacial score (nSPS) is 49.2. The highest BCUT2D eigenvalue weighted by molar-refractivity contribution is 5.86. The highest BCUT2D eigenvalue weighted by Crippen LogP contribution is 2.71. The first-order valence-electron chi connectivity index (χ1n) is 9.84. The van der Waals surface area contributed by atoms with Crippen LogP contribution in [0.2, 0.25) is 0 Å². The molecule has 4 fully saturated rings. The quantitative estimate of drug-likeness (QED) is 0.669. The number of rotatable bonds is 1. The largest absolute Gasteiger partial charge is 0.469 e. The number of methoxy groups -OCH3 is 1. The zero-order valence-corrected chi connectivity index (χ0v) is 15.7. The summed E-state index contributed by atoms with van der Waals surface area (Å²) in [4.78, 5) is 25.5. The fourth-order valence-corrected chi connectivity index (χ4v) is 8.03. The van der Waals surface area contributed by atoms with Crippen LogP contribution in [0.15, 0.2) is 0 Å². The minimum absolute atomic E-state index is 0.0410. The van der Waals surface area contributed by atoms with Crippen molar-refractivity contribution in [2.45, 2.75) is 72.1 Å². The summed E-state index contributed by atoms with van der Waals surface area (Å²) in [6, 6.07) is 0. The van der Waals surface area contributed by atoms with E-state index in [9.17, 15) is 9.59 Å². The predicted molar refractivity (Wildman–Crippen MR) is 92.2 cm³/mol. The van der Waals surface area contributed by atoms with E-state index in [1.165, 1.54) is 32.8 Å². The Morgan fingerprint density at radius 1 is 1.12 bits per heavy atom. The van der Waals surface area contributed by atoms with Crippen LogP contribution in [0.25, 0.3) is 0 Å². The first-order chi connectivity index (χ1) is 11.2. The van der Waals surface area contributed by atoms with Crippen LogP contribution in [0.4, 0.5) is 0 Å². The van der Waals surface area contributed by atoms with Crippen molar-refractivity contribution in [2.24, 2.45) is 39.9 Å². The Morgan fingerprint density at radius 2 is 1.88 bits per heavy atom. The molecular formula is C21H32O3. The van der Waals surface area contributed by atoms with Gasteiger partial charge < -0.3 is 4.74 Å². The molecule has 0 heterocycles. The second kappa shape index (κ2) is 5.08. The Labute approximate surface area is 145 Å². The van der Waals surface area contributed by atoms with Gasteiger partial charge in [0, 0.05) is 12.3 Å². The fraction of sp³-hybridized carbons (Fsp3) is 0.905. The van der Waals surface area contributed by atoms with E-state index in [1.54, 1.807) is 0 Å². The summed E-state index contributed by atoms with van der Waals surface area (Å²) >= 11 is 0. The predicted octanol–water partition coefficient (Wildman–Crippen LogP) is 4.39. The third-order valence-corrected chi connectivity index (χ3v) is 8.63. The number of carbonyl (C=O) groups is 2. The summed E-state index contributed by atoms with van der Waals surface area (Å²) in [6.07, 6.45) is 8.65. The SMILES string of the molecule is COC(=O)[C@H]1C[C@@]23CC[C@@H]4C(C)(C)CCC[C@@]4(C)[C@@H]2C(=O)C[C@@H]1C3. The fourth-order valence-electron chi connectivity index (χ4n) is 8.03. The molecule has 2 bridgehead atoms. The number of Topliss-reactive ketones (excluding diaryl/α,β-unsaturated/α-hetero) is 1. The Kier molecular flexibility index (Phi) is 3.51. The van der Waals surface area contributed by atoms with Crippen molar-refractivity contribution in [1.29, 1.82) is 0 Å². The lowest BCUT2D eigenvalue weighted by molar-refractivity contribution is -0.166. The molecule has 0 unspecified atom stereocenters. The van der Waals surface area contributed by atoms with E-state index in [0.29, 0.717) is 23.5 Å². The molecule has 134 valence electrons. The van der Waals surface area contributed by atoms with Gasteiger partial charge in [-0.3, -0.25) is 9.59 Å². The van der Waals surface area contributed by atoms with Crippen molar-refractivity contribution in [3.63, 3.8) is 0 Å². The van der Waals surface area contributed by atoms with E-state index in [1.807, 2.05) is 0 Å². The first kappa shape index (κ1) is 16.6. The van der Waals surface area contributed by atoms with Gasteiger partial charge in [0.05, 0.1) is 13.0 Å². The van der Waals surface area contributed by atoms with Crippen molar-refractivity contribution in [2.75, 3.05) is 7.11 Å². The van der Waals surface area contributed by atoms with Gasteiger partial charge in [0.25, 0.3) is 0 Å². The molecule has 4 aliphatic carbocycles. The maximum absolute atomic E-state index is 13.3. The molecule has 3 nitrogen and oxygen atoms in total. The summed E-state index contributed by atoms with van der Waals surface area (Å²) in [5, 5.41) is 0. The van der Waals surface area contributed by atoms with E-state index in [2.05, 4.69) is 20.8 Å². The molecule has 3 heteroatoms. The number of fused-ring (bicyclic) bond motifs is 3. The number of ketones is 1. The van der Waals surface area contributed by atoms with E-state index in [4.69, 9.17) is 4.74 Å². The number of hydrogen-bond donors (Lipinski definition) is 0. The molecule has 0 aliphatic heterocycles. The summed E-state index contributed by atoms with van der Waals surface area (Å²) in [6.45, 7) is 7.23. The van der Waals surface area contributed by atoms with Crippen molar-refractivity contribution in [3.8, 4) is 0 Å². The van der Waals surface area contributed by atoms with Crippen LogP contribution in [-0.2, 0) is 14.3 Å². The first-order valence-corrected chi connectivity index (χ1v) is 9.84. The number of esters is 1. The monoisotopic (exact) mass is 332 g/mol. The summed E-state index contributed by atoms with van der Waals surface area (Å²) in [5.74, 6) is 1.39. The molecule has 6 atom stereocenters. The van der Waals surface area contributed by atoms with Gasteiger partial charge in [-0.2, -0.15) is 0 Å². The molecular weight excluding hydrogens is 300 g/mol. The third-order valence-electron chi connectivity index (χ3n) is 8.63. The number of hydrogen-bond acceptors (Lipinski definition) is 3. The van der Waals surface area contributed by atoms with Crippen molar-refractivity contribution in [1.82, 2.24) is 0 Å². The van der Waals surface area contributed by atoms with Gasteiger partial charge in [-0.05, 0) is 66.6 Å². The molecule has 0 radical (unpaired) electrons. The zero-order valence-electron chi connectivity index (χ0n) is 15.7. The lowest BCUT2D eigenvalue weighted by Gasteiger charge is -2.63. The Morgan fingerprint density at radius 3 is 2.58 bits per heavy atom. The summed E-state index contributed by atoms with van der Waals surface area (Å²) in [7, 11) is 1.49. The van der Waals surface area contributed by atoms with E-state index < -0.39 is 0 Å². The average molecular weight is 332 g/mol. The summed E-state index contributed by atoms with van der Waals surface area (Å²) < 4.78 is 5.07. The second-order valence-corrected chi connectivity index (χ2v) is 10.2. The summed E-state index contributed by atoms with van der Waals surface area (Å²) in [5.41, 5.74) is 0.552. The number of carbonyl (C=O) groups excluding carboxylic acids is 2. The molecule has 24 heavy (non-hydrogen) atoms. The zero-order chi connectivity index (χ0) is 17.3. The molecule has 4 aliphatic rings. The van der Waals surface area contributed by atoms with Crippen LogP contribution in [0, 0.1) is 39.9 Å². The number of ether oxygens (including phenoxy) is 1. The van der Waals surface area contributed by atoms with Crippen molar-refractivity contribution in [3.05, 3.63) is 0 Å². The van der Waals surface area contributed by atoms with Gasteiger partial charge in [0.15, 0.2) is 0 Å². The molecule has 0 aromatic carbocycles. The highest BCUT2D eigenvalue weighted by Gasteiger charge is 2.67. The van der Waals surface area contributed by atoms with Gasteiger partial charge in [-0.15, -0.1) is 0 Å². The van der Waals surface area contributed by atoms with Crippen LogP contribution in [0.1, 0.15) is 72.1 Å². The molecule has 4 saturated carbocycles. The van der Waals surface area contributed by atoms with Crippen LogP contribution in [0.3, 0.4) is 0 Å². The van der Waals surface area contributed by atoms with Gasteiger partial charge in [0.1, 0.15) is 5.78 Å². The minimum Gasteiger partial charge on any atom is -0.469 e. The van der Waals surface area contributed by atoms with Gasteiger partial charge in [0.2, 0.25) is 0 Å². The van der Waals surface area contributed by atoms with Gasteiger partial charge in [-0.25, -0.2) is 0 Å². The van der Waals surface area contributed by atoms with Crippen molar-refractivity contribution >= 4 is 11.8 Å². The van der Waals surface area contributed by atoms with E-state index in [-0.39, 0.29) is 34.6 Å². The molecule has 4 rings (SSSR count). The topological polar surface area (TPSA) is 43.4 Å². The molecule has 1 spiro atoms. The molecule has 0 aromatic rings. The van der Waals surface area contributed by atoms with Crippen LogP contribution >= 0.6 is 0 Å². The van der Waals surface area contributed by atoms with E-state index in [0.717, 1.165) is 19.3 Å². The molecule has 0 N–H and O–H groups in total. The Hall–Kier alpha value is -0.860. The van der Waals surface area contributed by atoms with Crippen LogP contribution in [-0.4, -0.2) is 18.9 Å². The Bertz CT molecular complexity index is 580. The lowest BCUT2D eigenvalue weighted by atomic mass is 9.41. The standard InChI is InChI=1S/C21H32O3/c1-19(2)7-5-8-20(3)16(19)6-9-21-11-13(10-15(22)17(20)21)14(12-21)18(23)24-4/h13-14,16-17H,5-12H2,1-4H3/t13-,14+,16-,17+,20-,21+/m1/s1. The molecule has 0 aromatic heterocycles. The second-order valence-electron chi connectivity index (χ2n) is 10.2. The molecule has 0 amide bonds. The van der Waals surface area contributed by atoms with Gasteiger partial charge in [-0.1, -0.05) is 27.2 Å². The average Bonchev–Trinajstić information content (AvgIpc) is 2.77. The maximum Gasteiger partial charge on any atom is 0.308 e. The smallest absolute Gasteiger partial charge is 0.308 e. The molecule has 0 saturated heterocycles. The Balaban J connectivity index is 1.74. The van der Waals surface area contributed by atoms with Crippen molar-refractivity contribution < 1.29 is 14.3 Å². The van der Waals surface area contributed by atoms with Gasteiger partial charge >= 0.3 is 5.97 Å². The van der Waals surface area contributed by atoms with E-state index >= 15 is 0 Å².